The molecule has 2 unspecified atom stereocenters. The van der Waals surface area contributed by atoms with Crippen molar-refractivity contribution in [3.8, 4) is 16.9 Å². The molecule has 0 radical (unpaired) electrons. The highest BCUT2D eigenvalue weighted by molar-refractivity contribution is 7.00. The van der Waals surface area contributed by atoms with E-state index in [1.165, 1.54) is 98.0 Å². The second-order valence-corrected chi connectivity index (χ2v) is 17.4. The van der Waals surface area contributed by atoms with Crippen molar-refractivity contribution in [1.82, 2.24) is 4.57 Å². The molecular formula is C43H47BN2. The van der Waals surface area contributed by atoms with E-state index in [4.69, 9.17) is 0 Å². The topological polar surface area (TPSA) is 8.17 Å². The van der Waals surface area contributed by atoms with Crippen LogP contribution < -0.4 is 21.3 Å². The van der Waals surface area contributed by atoms with Crippen LogP contribution in [-0.4, -0.2) is 16.8 Å². The molecule has 4 aromatic carbocycles. The first-order valence-electron chi connectivity index (χ1n) is 17.6. The zero-order chi connectivity index (χ0) is 32.1. The zero-order valence-corrected chi connectivity index (χ0v) is 29.2. The van der Waals surface area contributed by atoms with E-state index in [0.29, 0.717) is 0 Å². The summed E-state index contributed by atoms with van der Waals surface area (Å²) in [4.78, 5) is 2.85. The second-order valence-electron chi connectivity index (χ2n) is 17.4. The molecular weight excluding hydrogens is 555 g/mol. The van der Waals surface area contributed by atoms with Crippen molar-refractivity contribution < 1.29 is 0 Å². The van der Waals surface area contributed by atoms with E-state index in [2.05, 4.69) is 145 Å². The molecule has 1 aromatic heterocycles. The van der Waals surface area contributed by atoms with Gasteiger partial charge >= 0.3 is 0 Å². The molecule has 1 saturated carbocycles. The molecule has 4 heterocycles. The average Bonchev–Trinajstić information content (AvgIpc) is 3.46. The van der Waals surface area contributed by atoms with Crippen molar-refractivity contribution in [2.24, 2.45) is 0 Å². The average molecular weight is 603 g/mol. The number of rotatable bonds is 1. The predicted molar refractivity (Wildman–Crippen MR) is 198 cm³/mol. The number of aromatic nitrogens is 1. The number of anilines is 2. The van der Waals surface area contributed by atoms with Crippen LogP contribution in [0.5, 0.6) is 0 Å². The maximum absolute atomic E-state index is 2.85. The summed E-state index contributed by atoms with van der Waals surface area (Å²) in [7, 11) is 0. The lowest BCUT2D eigenvalue weighted by Crippen LogP contribution is -2.64. The first kappa shape index (κ1) is 28.5. The third-order valence-electron chi connectivity index (χ3n) is 12.6. The molecule has 0 saturated heterocycles. The van der Waals surface area contributed by atoms with Crippen LogP contribution in [0.15, 0.2) is 72.8 Å². The van der Waals surface area contributed by atoms with Gasteiger partial charge in [-0.2, -0.15) is 0 Å². The summed E-state index contributed by atoms with van der Waals surface area (Å²) in [5.74, 6) is 0. The van der Waals surface area contributed by atoms with Gasteiger partial charge in [-0.15, -0.1) is 0 Å². The summed E-state index contributed by atoms with van der Waals surface area (Å²) < 4.78 is 2.70. The highest BCUT2D eigenvalue weighted by atomic mass is 15.3. The Labute approximate surface area is 275 Å². The molecule has 0 amide bonds. The molecule has 1 aliphatic carbocycles. The van der Waals surface area contributed by atoms with Crippen LogP contribution in [0.4, 0.5) is 11.4 Å². The summed E-state index contributed by atoms with van der Waals surface area (Å²) >= 11 is 0. The van der Waals surface area contributed by atoms with E-state index in [0.717, 1.165) is 0 Å². The SMILES string of the molecule is Cc1cc2c3c(c1)-n1c(-c4ccccc4)c(C(C)(C)C)c4cc(C(C)(C)C)cc(c41)B3c1cccc3c1N2C1(C)CCCCC31C. The Bertz CT molecular complexity index is 2120. The van der Waals surface area contributed by atoms with Crippen molar-refractivity contribution in [3.05, 3.63) is 95.1 Å². The maximum atomic E-state index is 2.85. The molecule has 2 atom stereocenters. The number of benzene rings is 4. The Kier molecular flexibility index (Phi) is 5.45. The third-order valence-corrected chi connectivity index (χ3v) is 12.6. The van der Waals surface area contributed by atoms with E-state index < -0.39 is 0 Å². The molecule has 3 heteroatoms. The maximum Gasteiger partial charge on any atom is 0.252 e. The molecule has 0 bridgehead atoms. The van der Waals surface area contributed by atoms with Gasteiger partial charge in [0.1, 0.15) is 0 Å². The fourth-order valence-corrected chi connectivity index (χ4v) is 10.3. The summed E-state index contributed by atoms with van der Waals surface area (Å²) in [6.45, 7) is 22.1. The third kappa shape index (κ3) is 3.35. The van der Waals surface area contributed by atoms with Crippen LogP contribution in [0.25, 0.3) is 27.8 Å². The highest BCUT2D eigenvalue weighted by Gasteiger charge is 2.61. The fraction of sp³-hybridized carbons (Fsp3) is 0.395. The predicted octanol–water partition coefficient (Wildman–Crippen LogP) is 9.09. The summed E-state index contributed by atoms with van der Waals surface area (Å²) in [5.41, 5.74) is 18.8. The Hall–Kier alpha value is -3.72. The largest absolute Gasteiger partial charge is 0.335 e. The molecule has 0 spiro atoms. The number of hydrogen-bond donors (Lipinski definition) is 0. The standard InChI is InChI=1S/C43H47BN2/c1-26-22-33-36-34(23-26)46-39-30(42(8)20-13-14-21-43(42,46)9)18-15-19-31(39)44(36)32-25-28(40(2,3)4)24-29-35(41(5,6)7)37(45(33)38(29)32)27-16-11-10-12-17-27/h10-12,15-19,22-25H,13-14,20-21H2,1-9H3. The number of nitrogens with zero attached hydrogens (tertiary/aromatic N) is 2. The van der Waals surface area contributed by atoms with E-state index in [-0.39, 0.29) is 28.5 Å². The van der Waals surface area contributed by atoms with E-state index >= 15 is 0 Å². The van der Waals surface area contributed by atoms with Crippen molar-refractivity contribution >= 4 is 45.4 Å². The Morgan fingerprint density at radius 3 is 2.17 bits per heavy atom. The first-order chi connectivity index (χ1) is 21.8. The Morgan fingerprint density at radius 2 is 1.46 bits per heavy atom. The van der Waals surface area contributed by atoms with Gasteiger partial charge in [0.05, 0.1) is 11.2 Å². The van der Waals surface area contributed by atoms with Crippen LogP contribution in [0.1, 0.15) is 103 Å². The monoisotopic (exact) mass is 602 g/mol. The summed E-state index contributed by atoms with van der Waals surface area (Å²) in [6, 6.07) is 28.7. The van der Waals surface area contributed by atoms with Crippen LogP contribution in [0.2, 0.25) is 0 Å². The number of fused-ring (bicyclic) bond motifs is 7. The lowest BCUT2D eigenvalue weighted by atomic mass is 9.33. The first-order valence-corrected chi connectivity index (χ1v) is 17.6. The van der Waals surface area contributed by atoms with Gasteiger partial charge in [0.25, 0.3) is 6.71 Å². The lowest BCUT2D eigenvalue weighted by Gasteiger charge is -2.52. The quantitative estimate of drug-likeness (QED) is 0.171. The van der Waals surface area contributed by atoms with E-state index in [1.807, 2.05) is 0 Å². The van der Waals surface area contributed by atoms with Crippen LogP contribution in [0.3, 0.4) is 0 Å². The molecule has 46 heavy (non-hydrogen) atoms. The van der Waals surface area contributed by atoms with Gasteiger partial charge in [-0.05, 0) is 99.9 Å². The molecule has 0 N–H and O–H groups in total. The van der Waals surface area contributed by atoms with Crippen LogP contribution in [-0.2, 0) is 16.2 Å². The van der Waals surface area contributed by atoms with Gasteiger partial charge in [0, 0.05) is 33.4 Å². The normalized spacial score (nSPS) is 22.6. The minimum Gasteiger partial charge on any atom is -0.335 e. The van der Waals surface area contributed by atoms with Gasteiger partial charge in [-0.25, -0.2) is 0 Å². The second kappa shape index (κ2) is 8.79. The molecule has 4 aliphatic rings. The number of para-hydroxylation sites is 1. The number of hydrogen-bond acceptors (Lipinski definition) is 1. The molecule has 9 rings (SSSR count). The molecule has 2 nitrogen and oxygen atoms in total. The van der Waals surface area contributed by atoms with E-state index in [1.54, 1.807) is 5.56 Å². The Balaban J connectivity index is 1.51. The zero-order valence-electron chi connectivity index (χ0n) is 29.2. The Morgan fingerprint density at radius 1 is 0.739 bits per heavy atom. The number of aryl methyl sites for hydroxylation is 1. The molecule has 232 valence electrons. The van der Waals surface area contributed by atoms with Gasteiger partial charge in [-0.1, -0.05) is 116 Å². The van der Waals surface area contributed by atoms with Crippen LogP contribution >= 0.6 is 0 Å². The molecule has 5 aromatic rings. The van der Waals surface area contributed by atoms with Crippen molar-refractivity contribution in [2.75, 3.05) is 4.90 Å². The molecule has 1 fully saturated rings. The van der Waals surface area contributed by atoms with Crippen LogP contribution in [0, 0.1) is 6.92 Å². The minimum atomic E-state index is -0.0464. The van der Waals surface area contributed by atoms with Gasteiger partial charge in [0.15, 0.2) is 0 Å². The minimum absolute atomic E-state index is 0.0282. The van der Waals surface area contributed by atoms with Gasteiger partial charge < -0.3 is 9.47 Å². The summed E-state index contributed by atoms with van der Waals surface area (Å²) in [5, 5.41) is 1.42. The van der Waals surface area contributed by atoms with Gasteiger partial charge in [-0.3, -0.25) is 0 Å². The van der Waals surface area contributed by atoms with Crippen molar-refractivity contribution in [3.63, 3.8) is 0 Å². The van der Waals surface area contributed by atoms with Crippen molar-refractivity contribution in [2.45, 2.75) is 110 Å². The van der Waals surface area contributed by atoms with Crippen molar-refractivity contribution in [1.29, 1.82) is 0 Å². The molecule has 3 aliphatic heterocycles. The van der Waals surface area contributed by atoms with E-state index in [9.17, 15) is 0 Å². The fourth-order valence-electron chi connectivity index (χ4n) is 10.3. The van der Waals surface area contributed by atoms with Gasteiger partial charge in [0.2, 0.25) is 0 Å². The smallest absolute Gasteiger partial charge is 0.252 e. The summed E-state index contributed by atoms with van der Waals surface area (Å²) in [6.07, 6.45) is 5.10. The highest BCUT2D eigenvalue weighted by Crippen LogP contribution is 2.61. The lowest BCUT2D eigenvalue weighted by molar-refractivity contribution is 0.195.